The number of hydrogen-bond acceptors (Lipinski definition) is 3. The molecule has 0 fully saturated rings. The molecule has 0 unspecified atom stereocenters. The quantitative estimate of drug-likeness (QED) is 0.759. The number of nitrogens with zero attached hydrogens (tertiary/aromatic N) is 1. The minimum atomic E-state index is -0.408. The van der Waals surface area contributed by atoms with Crippen LogP contribution in [0.15, 0.2) is 18.2 Å². The fourth-order valence-corrected chi connectivity index (χ4v) is 1.34. The fraction of sp³-hybridized carbons (Fsp3) is 0.200. The van der Waals surface area contributed by atoms with Crippen molar-refractivity contribution in [3.63, 3.8) is 0 Å². The lowest BCUT2D eigenvalue weighted by atomic mass is 10.3. The van der Waals surface area contributed by atoms with Gasteiger partial charge in [0.25, 0.3) is 0 Å². The van der Waals surface area contributed by atoms with Crippen LogP contribution in [0.5, 0.6) is 0 Å². The zero-order chi connectivity index (χ0) is 10.8. The maximum absolute atomic E-state index is 13.2. The maximum atomic E-state index is 13.2. The number of para-hydroxylation sites is 1. The normalized spacial score (nSPS) is 10.5. The molecule has 1 aromatic heterocycles. The maximum Gasteiger partial charge on any atom is 0.313 e. The first-order valence-electron chi connectivity index (χ1n) is 4.40. The lowest BCUT2D eigenvalue weighted by molar-refractivity contribution is -0.139. The van der Waals surface area contributed by atoms with E-state index in [2.05, 4.69) is 14.7 Å². The summed E-state index contributed by atoms with van der Waals surface area (Å²) < 4.78 is 17.7. The molecule has 0 amide bonds. The second kappa shape index (κ2) is 3.68. The number of aromatic nitrogens is 2. The third-order valence-electron chi connectivity index (χ3n) is 2.05. The molecule has 78 valence electrons. The van der Waals surface area contributed by atoms with Crippen molar-refractivity contribution in [3.8, 4) is 0 Å². The van der Waals surface area contributed by atoms with Crippen molar-refractivity contribution in [2.45, 2.75) is 6.42 Å². The van der Waals surface area contributed by atoms with Gasteiger partial charge >= 0.3 is 5.97 Å². The molecule has 4 nitrogen and oxygen atoms in total. The van der Waals surface area contributed by atoms with Gasteiger partial charge in [-0.2, -0.15) is 0 Å². The lowest BCUT2D eigenvalue weighted by Gasteiger charge is -1.93. The average molecular weight is 208 g/mol. The summed E-state index contributed by atoms with van der Waals surface area (Å²) in [6, 6.07) is 4.61. The molecule has 0 saturated heterocycles. The third-order valence-corrected chi connectivity index (χ3v) is 2.05. The van der Waals surface area contributed by atoms with Crippen molar-refractivity contribution < 1.29 is 13.9 Å². The molecule has 0 atom stereocenters. The van der Waals surface area contributed by atoms with Crippen LogP contribution >= 0.6 is 0 Å². The Morgan fingerprint density at radius 2 is 2.40 bits per heavy atom. The predicted molar refractivity (Wildman–Crippen MR) is 51.8 cm³/mol. The first kappa shape index (κ1) is 9.64. The van der Waals surface area contributed by atoms with E-state index < -0.39 is 11.8 Å². The zero-order valence-corrected chi connectivity index (χ0v) is 8.08. The number of rotatable bonds is 2. The summed E-state index contributed by atoms with van der Waals surface area (Å²) in [5.41, 5.74) is 0.824. The van der Waals surface area contributed by atoms with Gasteiger partial charge in [0.15, 0.2) is 5.82 Å². The molecule has 2 aromatic rings. The third kappa shape index (κ3) is 1.81. The highest BCUT2D eigenvalue weighted by Gasteiger charge is 2.10. The molecule has 0 radical (unpaired) electrons. The highest BCUT2D eigenvalue weighted by Crippen LogP contribution is 2.15. The van der Waals surface area contributed by atoms with Gasteiger partial charge in [0.05, 0.1) is 12.6 Å². The number of hydrogen-bond donors (Lipinski definition) is 1. The van der Waals surface area contributed by atoms with Crippen LogP contribution in [-0.2, 0) is 16.0 Å². The van der Waals surface area contributed by atoms with Gasteiger partial charge in [-0.05, 0) is 12.1 Å². The summed E-state index contributed by atoms with van der Waals surface area (Å²) in [6.45, 7) is 0. The van der Waals surface area contributed by atoms with Gasteiger partial charge in [-0.25, -0.2) is 9.37 Å². The smallest absolute Gasteiger partial charge is 0.313 e. The summed E-state index contributed by atoms with van der Waals surface area (Å²) in [7, 11) is 1.30. The number of methoxy groups -OCH3 is 1. The van der Waals surface area contributed by atoms with Gasteiger partial charge in [-0.3, -0.25) is 4.79 Å². The Balaban J connectivity index is 2.39. The summed E-state index contributed by atoms with van der Waals surface area (Å²) in [6.07, 6.45) is 0.0185. The SMILES string of the molecule is COC(=O)Cc1nc2c(F)cccc2[nH]1. The topological polar surface area (TPSA) is 55.0 Å². The number of benzene rings is 1. The summed E-state index contributed by atoms with van der Waals surface area (Å²) >= 11 is 0. The Morgan fingerprint density at radius 3 is 3.07 bits per heavy atom. The number of nitrogens with one attached hydrogen (secondary N) is 1. The van der Waals surface area contributed by atoms with Crippen molar-refractivity contribution in [2.24, 2.45) is 0 Å². The molecule has 1 heterocycles. The largest absolute Gasteiger partial charge is 0.469 e. The Hall–Kier alpha value is -1.91. The van der Waals surface area contributed by atoms with Gasteiger partial charge in [-0.15, -0.1) is 0 Å². The van der Waals surface area contributed by atoms with E-state index in [0.717, 1.165) is 0 Å². The summed E-state index contributed by atoms with van der Waals surface area (Å²) in [5.74, 6) is -0.406. The number of imidazole rings is 1. The zero-order valence-electron chi connectivity index (χ0n) is 8.08. The fourth-order valence-electron chi connectivity index (χ4n) is 1.34. The van der Waals surface area contributed by atoms with Crippen LogP contribution < -0.4 is 0 Å². The van der Waals surface area contributed by atoms with E-state index in [1.165, 1.54) is 13.2 Å². The number of fused-ring (bicyclic) bond motifs is 1. The molecule has 2 rings (SSSR count). The van der Waals surface area contributed by atoms with E-state index in [1.807, 2.05) is 0 Å². The molecule has 0 aliphatic carbocycles. The molecule has 0 aliphatic heterocycles. The Kier molecular flexibility index (Phi) is 2.37. The Bertz CT molecular complexity index is 507. The second-order valence-electron chi connectivity index (χ2n) is 3.07. The minimum Gasteiger partial charge on any atom is -0.469 e. The second-order valence-corrected chi connectivity index (χ2v) is 3.07. The van der Waals surface area contributed by atoms with Gasteiger partial charge in [0, 0.05) is 0 Å². The average Bonchev–Trinajstić information content (AvgIpc) is 2.62. The van der Waals surface area contributed by atoms with Crippen LogP contribution in [0.25, 0.3) is 11.0 Å². The van der Waals surface area contributed by atoms with E-state index in [9.17, 15) is 9.18 Å². The number of aromatic amines is 1. The van der Waals surface area contributed by atoms with E-state index in [1.54, 1.807) is 12.1 Å². The first-order chi connectivity index (χ1) is 7.20. The number of H-pyrrole nitrogens is 1. The Labute approximate surface area is 85.1 Å². The molecular formula is C10H9FN2O2. The monoisotopic (exact) mass is 208 g/mol. The van der Waals surface area contributed by atoms with Crippen LogP contribution in [0.1, 0.15) is 5.82 Å². The standard InChI is InChI=1S/C10H9FN2O2/c1-15-9(14)5-8-12-7-4-2-3-6(11)10(7)13-8/h2-4H,5H2,1H3,(H,12,13). The Morgan fingerprint density at radius 1 is 1.60 bits per heavy atom. The minimum absolute atomic E-state index is 0.0185. The molecule has 15 heavy (non-hydrogen) atoms. The predicted octanol–water partition coefficient (Wildman–Crippen LogP) is 1.42. The number of halogens is 1. The van der Waals surface area contributed by atoms with Crippen molar-refractivity contribution in [3.05, 3.63) is 29.8 Å². The number of carbonyl (C=O) groups is 1. The van der Waals surface area contributed by atoms with Gasteiger partial charge in [-0.1, -0.05) is 6.07 Å². The van der Waals surface area contributed by atoms with Gasteiger partial charge < -0.3 is 9.72 Å². The van der Waals surface area contributed by atoms with E-state index in [-0.39, 0.29) is 11.9 Å². The first-order valence-corrected chi connectivity index (χ1v) is 4.40. The number of esters is 1. The van der Waals surface area contributed by atoms with E-state index in [0.29, 0.717) is 11.3 Å². The van der Waals surface area contributed by atoms with Crippen molar-refractivity contribution in [1.29, 1.82) is 0 Å². The van der Waals surface area contributed by atoms with Crippen molar-refractivity contribution in [1.82, 2.24) is 9.97 Å². The number of ether oxygens (including phenoxy) is 1. The van der Waals surface area contributed by atoms with E-state index in [4.69, 9.17) is 0 Å². The van der Waals surface area contributed by atoms with Gasteiger partial charge in [0.2, 0.25) is 0 Å². The van der Waals surface area contributed by atoms with Crippen LogP contribution in [0, 0.1) is 5.82 Å². The van der Waals surface area contributed by atoms with Crippen LogP contribution in [-0.4, -0.2) is 23.0 Å². The molecule has 0 saturated carbocycles. The van der Waals surface area contributed by atoms with Crippen LogP contribution in [0.4, 0.5) is 4.39 Å². The van der Waals surface area contributed by atoms with Crippen molar-refractivity contribution in [2.75, 3.05) is 7.11 Å². The highest BCUT2D eigenvalue weighted by molar-refractivity contribution is 5.78. The molecular weight excluding hydrogens is 199 g/mol. The summed E-state index contributed by atoms with van der Waals surface area (Å²) in [4.78, 5) is 17.8. The number of carbonyl (C=O) groups excluding carboxylic acids is 1. The van der Waals surface area contributed by atoms with Crippen LogP contribution in [0.2, 0.25) is 0 Å². The molecule has 1 aromatic carbocycles. The molecule has 0 spiro atoms. The molecule has 5 heteroatoms. The van der Waals surface area contributed by atoms with Crippen LogP contribution in [0.3, 0.4) is 0 Å². The summed E-state index contributed by atoms with van der Waals surface area (Å²) in [5, 5.41) is 0. The lowest BCUT2D eigenvalue weighted by Crippen LogP contribution is -2.05. The van der Waals surface area contributed by atoms with E-state index >= 15 is 0 Å². The molecule has 0 bridgehead atoms. The van der Waals surface area contributed by atoms with Crippen molar-refractivity contribution >= 4 is 17.0 Å². The van der Waals surface area contributed by atoms with Gasteiger partial charge in [0.1, 0.15) is 17.8 Å². The molecule has 1 N–H and O–H groups in total. The highest BCUT2D eigenvalue weighted by atomic mass is 19.1. The molecule has 0 aliphatic rings.